The molecule has 18 heavy (non-hydrogen) atoms. The summed E-state index contributed by atoms with van der Waals surface area (Å²) in [5.41, 5.74) is 5.80. The molecule has 0 bridgehead atoms. The van der Waals surface area contributed by atoms with E-state index in [1.807, 2.05) is 6.07 Å². The monoisotopic (exact) mass is 271 g/mol. The highest BCUT2D eigenvalue weighted by Gasteiger charge is 2.20. The van der Waals surface area contributed by atoms with Crippen molar-refractivity contribution in [3.63, 3.8) is 0 Å². The number of thiophene rings is 1. The zero-order valence-electron chi connectivity index (χ0n) is 11.2. The highest BCUT2D eigenvalue weighted by Crippen LogP contribution is 2.26. The second-order valence-corrected chi connectivity index (χ2v) is 6.32. The fourth-order valence-electron chi connectivity index (χ4n) is 1.72. The van der Waals surface area contributed by atoms with Gasteiger partial charge in [-0.25, -0.2) is 0 Å². The van der Waals surface area contributed by atoms with E-state index < -0.39 is 0 Å². The van der Waals surface area contributed by atoms with E-state index in [-0.39, 0.29) is 15.3 Å². The van der Waals surface area contributed by atoms with Crippen LogP contribution in [-0.2, 0) is 6.54 Å². The molecule has 0 saturated carbocycles. The minimum Gasteiger partial charge on any atom is -0.330 e. The first-order chi connectivity index (χ1) is 8.38. The predicted octanol–water partition coefficient (Wildman–Crippen LogP) is 2.46. The highest BCUT2D eigenvalue weighted by molar-refractivity contribution is 7.15. The zero-order valence-corrected chi connectivity index (χ0v) is 12.0. The molecule has 0 spiro atoms. The molecule has 0 unspecified atom stereocenters. The molecular formula is C12H21N3O2S. The summed E-state index contributed by atoms with van der Waals surface area (Å²) in [6.45, 7) is 9.54. The van der Waals surface area contributed by atoms with E-state index in [0.29, 0.717) is 6.54 Å². The van der Waals surface area contributed by atoms with Gasteiger partial charge in [-0.05, 0) is 24.6 Å². The number of rotatable bonds is 7. The van der Waals surface area contributed by atoms with Gasteiger partial charge in [0.25, 0.3) is 0 Å². The normalized spacial score (nSPS) is 12.1. The van der Waals surface area contributed by atoms with Crippen LogP contribution in [-0.4, -0.2) is 29.5 Å². The van der Waals surface area contributed by atoms with Crippen molar-refractivity contribution in [1.29, 1.82) is 0 Å². The average Bonchev–Trinajstić information content (AvgIpc) is 2.76. The number of hydrogen-bond donors (Lipinski definition) is 1. The van der Waals surface area contributed by atoms with Crippen LogP contribution >= 0.6 is 11.3 Å². The summed E-state index contributed by atoms with van der Waals surface area (Å²) in [5.74, 6) is 0. The fourth-order valence-corrected chi connectivity index (χ4v) is 2.58. The highest BCUT2D eigenvalue weighted by atomic mass is 32.1. The lowest BCUT2D eigenvalue weighted by atomic mass is 9.93. The molecule has 0 aliphatic heterocycles. The van der Waals surface area contributed by atoms with Crippen molar-refractivity contribution in [2.24, 2.45) is 11.1 Å². The van der Waals surface area contributed by atoms with Gasteiger partial charge in [0.1, 0.15) is 0 Å². The Kier molecular flexibility index (Phi) is 5.25. The van der Waals surface area contributed by atoms with Crippen LogP contribution in [0.1, 0.15) is 25.6 Å². The van der Waals surface area contributed by atoms with Crippen LogP contribution < -0.4 is 5.73 Å². The zero-order chi connectivity index (χ0) is 13.8. The summed E-state index contributed by atoms with van der Waals surface area (Å²) in [5, 5.41) is 10.8. The Hall–Kier alpha value is -0.980. The van der Waals surface area contributed by atoms with E-state index in [1.165, 1.54) is 11.3 Å². The largest absolute Gasteiger partial charge is 0.330 e. The van der Waals surface area contributed by atoms with E-state index in [2.05, 4.69) is 25.7 Å². The summed E-state index contributed by atoms with van der Waals surface area (Å²) >= 11 is 1.25. The molecule has 1 aromatic heterocycles. The predicted molar refractivity (Wildman–Crippen MR) is 74.8 cm³/mol. The summed E-state index contributed by atoms with van der Waals surface area (Å²) in [6.07, 6.45) is 0. The maximum Gasteiger partial charge on any atom is 0.324 e. The standard InChI is InChI=1S/C12H21N3O2S/c1-4-14(9-12(2,3)8-13)7-10-5-6-11(18-10)15(16)17/h5-6H,4,7-9,13H2,1-3H3. The van der Waals surface area contributed by atoms with Gasteiger partial charge in [-0.3, -0.25) is 15.0 Å². The Morgan fingerprint density at radius 2 is 2.17 bits per heavy atom. The third-order valence-corrected chi connectivity index (χ3v) is 3.88. The molecule has 1 heterocycles. The van der Waals surface area contributed by atoms with Crippen LogP contribution in [0.25, 0.3) is 0 Å². The van der Waals surface area contributed by atoms with E-state index in [0.717, 1.165) is 24.5 Å². The molecule has 2 N–H and O–H groups in total. The van der Waals surface area contributed by atoms with Gasteiger partial charge in [0.05, 0.1) is 4.92 Å². The van der Waals surface area contributed by atoms with Gasteiger partial charge < -0.3 is 5.73 Å². The minimum absolute atomic E-state index is 0.0687. The van der Waals surface area contributed by atoms with Gasteiger partial charge >= 0.3 is 5.00 Å². The SMILES string of the molecule is CCN(Cc1ccc([N+](=O)[O-])s1)CC(C)(C)CN. The molecule has 0 radical (unpaired) electrons. The van der Waals surface area contributed by atoms with Crippen molar-refractivity contribution in [2.75, 3.05) is 19.6 Å². The molecule has 0 aliphatic rings. The van der Waals surface area contributed by atoms with E-state index >= 15 is 0 Å². The molecule has 6 heteroatoms. The lowest BCUT2D eigenvalue weighted by Gasteiger charge is -2.30. The van der Waals surface area contributed by atoms with Crippen LogP contribution in [0.5, 0.6) is 0 Å². The smallest absolute Gasteiger partial charge is 0.324 e. The lowest BCUT2D eigenvalue weighted by molar-refractivity contribution is -0.380. The first kappa shape index (κ1) is 15.1. The first-order valence-electron chi connectivity index (χ1n) is 6.03. The van der Waals surface area contributed by atoms with Crippen LogP contribution in [0.4, 0.5) is 5.00 Å². The molecule has 1 aromatic rings. The van der Waals surface area contributed by atoms with E-state index in [4.69, 9.17) is 5.73 Å². The molecule has 0 aromatic carbocycles. The molecule has 5 nitrogen and oxygen atoms in total. The average molecular weight is 271 g/mol. The molecule has 0 aliphatic carbocycles. The minimum atomic E-state index is -0.339. The number of hydrogen-bond acceptors (Lipinski definition) is 5. The molecule has 1 rings (SSSR count). The molecule has 102 valence electrons. The van der Waals surface area contributed by atoms with Gasteiger partial charge in [0.15, 0.2) is 0 Å². The van der Waals surface area contributed by atoms with Crippen LogP contribution in [0.3, 0.4) is 0 Å². The number of nitro groups is 1. The van der Waals surface area contributed by atoms with Crippen LogP contribution in [0.2, 0.25) is 0 Å². The summed E-state index contributed by atoms with van der Waals surface area (Å²) in [6, 6.07) is 3.41. The van der Waals surface area contributed by atoms with Crippen molar-refractivity contribution in [1.82, 2.24) is 4.90 Å². The quantitative estimate of drug-likeness (QED) is 0.611. The fraction of sp³-hybridized carbons (Fsp3) is 0.667. The van der Waals surface area contributed by atoms with Crippen molar-refractivity contribution in [3.05, 3.63) is 27.1 Å². The lowest BCUT2D eigenvalue weighted by Crippen LogP contribution is -2.38. The van der Waals surface area contributed by atoms with Crippen molar-refractivity contribution >= 4 is 16.3 Å². The molecular weight excluding hydrogens is 250 g/mol. The van der Waals surface area contributed by atoms with Crippen molar-refractivity contribution < 1.29 is 4.92 Å². The summed E-state index contributed by atoms with van der Waals surface area (Å²) in [4.78, 5) is 13.6. The maximum atomic E-state index is 10.6. The summed E-state index contributed by atoms with van der Waals surface area (Å²) < 4.78 is 0. The Bertz CT molecular complexity index is 404. The molecule has 0 amide bonds. The second kappa shape index (κ2) is 6.26. The van der Waals surface area contributed by atoms with E-state index in [9.17, 15) is 10.1 Å². The van der Waals surface area contributed by atoms with Gasteiger partial charge in [0, 0.05) is 24.0 Å². The first-order valence-corrected chi connectivity index (χ1v) is 6.85. The van der Waals surface area contributed by atoms with Gasteiger partial charge in [0.2, 0.25) is 0 Å². The van der Waals surface area contributed by atoms with Gasteiger partial charge in [-0.15, -0.1) is 0 Å². The molecule has 0 atom stereocenters. The van der Waals surface area contributed by atoms with Gasteiger partial charge in [-0.1, -0.05) is 32.1 Å². The Morgan fingerprint density at radius 1 is 1.50 bits per heavy atom. The number of nitrogens with zero attached hydrogens (tertiary/aromatic N) is 2. The Balaban J connectivity index is 2.65. The Labute approximate surface area is 112 Å². The Morgan fingerprint density at radius 3 is 2.61 bits per heavy atom. The number of nitrogens with two attached hydrogens (primary N) is 1. The van der Waals surface area contributed by atoms with E-state index in [1.54, 1.807) is 6.07 Å². The van der Waals surface area contributed by atoms with Crippen molar-refractivity contribution in [2.45, 2.75) is 27.3 Å². The molecule has 0 saturated heterocycles. The third kappa shape index (κ3) is 4.36. The van der Waals surface area contributed by atoms with Crippen LogP contribution in [0.15, 0.2) is 12.1 Å². The summed E-state index contributed by atoms with van der Waals surface area (Å²) in [7, 11) is 0. The van der Waals surface area contributed by atoms with Crippen molar-refractivity contribution in [3.8, 4) is 0 Å². The molecule has 0 fully saturated rings. The van der Waals surface area contributed by atoms with Gasteiger partial charge in [-0.2, -0.15) is 0 Å². The third-order valence-electron chi connectivity index (χ3n) is 2.86. The maximum absolute atomic E-state index is 10.6. The second-order valence-electron chi connectivity index (χ2n) is 5.17. The van der Waals surface area contributed by atoms with Crippen LogP contribution in [0, 0.1) is 15.5 Å². The topological polar surface area (TPSA) is 72.4 Å².